The Balaban J connectivity index is 0.901. The predicted molar refractivity (Wildman–Crippen MR) is 388 cm³/mol. The van der Waals surface area contributed by atoms with Gasteiger partial charge in [0.1, 0.15) is 11.6 Å². The Morgan fingerprint density at radius 2 is 0.531 bits per heavy atom. The van der Waals surface area contributed by atoms with Crippen LogP contribution in [0.5, 0.6) is 0 Å². The number of para-hydroxylation sites is 8. The molecule has 0 fully saturated rings. The van der Waals surface area contributed by atoms with Gasteiger partial charge < -0.3 is 27.4 Å². The third-order valence-electron chi connectivity index (χ3n) is 20.1. The van der Waals surface area contributed by atoms with Crippen LogP contribution in [0.3, 0.4) is 0 Å². The van der Waals surface area contributed by atoms with Gasteiger partial charge in [0.05, 0.1) is 83.1 Å². The summed E-state index contributed by atoms with van der Waals surface area (Å²) in [5.74, 6) is 0. The summed E-state index contributed by atoms with van der Waals surface area (Å²) in [5, 5.41) is 25.2. The highest BCUT2D eigenvalue weighted by Gasteiger charge is 2.32. The number of rotatable bonds is 7. The van der Waals surface area contributed by atoms with Crippen LogP contribution in [0, 0.1) is 11.3 Å². The average Bonchev–Trinajstić information content (AvgIpc) is 1.56. The van der Waals surface area contributed by atoms with Gasteiger partial charge in [0.15, 0.2) is 0 Å². The molecule has 0 unspecified atom stereocenters. The third kappa shape index (κ3) is 7.59. The topological polar surface area (TPSA) is 53.4 Å². The summed E-state index contributed by atoms with van der Waals surface area (Å²) in [5.41, 5.74) is 16.8. The molecule has 0 N–H and O–H groups in total. The fourth-order valence-electron chi connectivity index (χ4n) is 16.1. The summed E-state index contributed by atoms with van der Waals surface area (Å²) in [7, 11) is 0. The Kier molecular flexibility index (Phi) is 11.3. The molecule has 0 saturated heterocycles. The monoisotopic (exact) mass is 1240 g/mol. The van der Waals surface area contributed by atoms with Gasteiger partial charge in [-0.05, 0) is 145 Å². The fraction of sp³-hybridized carbons (Fsp3) is 0.0116. The summed E-state index contributed by atoms with van der Waals surface area (Å²) >= 11 is 0. The standard InChI is InChI=1S/C86H50F3N7/c87-86(88,89)53-19-17-18-52(46-53)58-40-45-84(95-80-41-36-54(91-72-28-9-1-20-59(72)60-21-2-10-29-73(60)91)47-67(80)68-48-55(37-42-81(68)95)92-74-30-11-3-22-61(74)62-23-4-12-31-75(62)92)71(51-90)85(58)96-82-43-38-56(93-76-32-13-5-24-63(76)64-25-6-14-33-77(64)93)49-69(82)70-50-57(39-44-83(70)96)94-78-34-15-7-26-65(78)66-27-8-16-35-79(66)94/h1-50H. The Bertz CT molecular complexity index is 6240. The number of aromatic nitrogens is 6. The van der Waals surface area contributed by atoms with Crippen molar-refractivity contribution in [2.45, 2.75) is 6.18 Å². The molecule has 14 aromatic carbocycles. The van der Waals surface area contributed by atoms with Gasteiger partial charge >= 0.3 is 6.18 Å². The van der Waals surface area contributed by atoms with Gasteiger partial charge in [0.2, 0.25) is 0 Å². The second kappa shape index (κ2) is 20.1. The molecule has 0 bridgehead atoms. The van der Waals surface area contributed by atoms with E-state index in [0.29, 0.717) is 22.5 Å². The molecule has 0 aliphatic rings. The molecule has 7 nitrogen and oxygen atoms in total. The van der Waals surface area contributed by atoms with Crippen LogP contribution < -0.4 is 0 Å². The van der Waals surface area contributed by atoms with E-state index in [1.807, 2.05) is 12.1 Å². The number of benzene rings is 14. The lowest BCUT2D eigenvalue weighted by Crippen LogP contribution is -2.08. The Morgan fingerprint density at radius 1 is 0.250 bits per heavy atom. The van der Waals surface area contributed by atoms with Gasteiger partial charge in [-0.2, -0.15) is 18.4 Å². The van der Waals surface area contributed by atoms with E-state index in [9.17, 15) is 5.26 Å². The van der Waals surface area contributed by atoms with Gasteiger partial charge in [-0.25, -0.2) is 0 Å². The molecule has 0 atom stereocenters. The first-order valence-electron chi connectivity index (χ1n) is 32.1. The molecule has 6 heterocycles. The molecule has 0 saturated carbocycles. The summed E-state index contributed by atoms with van der Waals surface area (Å²) in [6, 6.07) is 106. The largest absolute Gasteiger partial charge is 0.416 e. The maximum Gasteiger partial charge on any atom is 0.416 e. The minimum atomic E-state index is -4.65. The van der Waals surface area contributed by atoms with Gasteiger partial charge in [-0.3, -0.25) is 0 Å². The molecule has 0 aliphatic heterocycles. The molecule has 0 aliphatic carbocycles. The molecule has 0 radical (unpaired) electrons. The molecule has 20 rings (SSSR count). The van der Waals surface area contributed by atoms with Gasteiger partial charge in [-0.15, -0.1) is 0 Å². The first kappa shape index (κ1) is 53.8. The van der Waals surface area contributed by atoms with Crippen LogP contribution in [0.15, 0.2) is 303 Å². The summed E-state index contributed by atoms with van der Waals surface area (Å²) in [6.45, 7) is 0. The van der Waals surface area contributed by atoms with Crippen molar-refractivity contribution >= 4 is 131 Å². The van der Waals surface area contributed by atoms with Crippen molar-refractivity contribution in [2.75, 3.05) is 0 Å². The lowest BCUT2D eigenvalue weighted by molar-refractivity contribution is -0.137. The minimum Gasteiger partial charge on any atom is -0.309 e. The molecule has 0 spiro atoms. The minimum absolute atomic E-state index is 0.276. The first-order valence-corrected chi connectivity index (χ1v) is 32.1. The van der Waals surface area contributed by atoms with Crippen LogP contribution in [0.4, 0.5) is 13.2 Å². The van der Waals surface area contributed by atoms with Gasteiger partial charge in [-0.1, -0.05) is 164 Å². The Morgan fingerprint density at radius 3 is 0.823 bits per heavy atom. The van der Waals surface area contributed by atoms with Gasteiger partial charge in [0, 0.05) is 92.9 Å². The fourth-order valence-corrected chi connectivity index (χ4v) is 16.1. The van der Waals surface area contributed by atoms with E-state index in [4.69, 9.17) is 0 Å². The number of hydrogen-bond donors (Lipinski definition) is 0. The van der Waals surface area contributed by atoms with E-state index >= 15 is 13.2 Å². The van der Waals surface area contributed by atoms with E-state index in [2.05, 4.69) is 300 Å². The van der Waals surface area contributed by atoms with Crippen molar-refractivity contribution < 1.29 is 13.2 Å². The Hall–Kier alpha value is -12.8. The Labute approximate surface area is 545 Å². The number of fused-ring (bicyclic) bond motifs is 18. The number of alkyl halides is 3. The second-order valence-electron chi connectivity index (χ2n) is 25.0. The van der Waals surface area contributed by atoms with E-state index in [1.165, 1.54) is 12.1 Å². The molecule has 10 heteroatoms. The van der Waals surface area contributed by atoms with Crippen molar-refractivity contribution in [1.29, 1.82) is 5.26 Å². The van der Waals surface area contributed by atoms with E-state index in [-0.39, 0.29) is 5.56 Å². The molecule has 20 aromatic rings. The number of hydrogen-bond acceptors (Lipinski definition) is 1. The maximum absolute atomic E-state index is 15.1. The van der Waals surface area contributed by atoms with Crippen molar-refractivity contribution in [2.24, 2.45) is 0 Å². The van der Waals surface area contributed by atoms with Crippen molar-refractivity contribution in [3.8, 4) is 51.3 Å². The third-order valence-corrected chi connectivity index (χ3v) is 20.1. The smallest absolute Gasteiger partial charge is 0.309 e. The van der Waals surface area contributed by atoms with Crippen LogP contribution in [-0.4, -0.2) is 27.4 Å². The molecule has 0 amide bonds. The molecule has 450 valence electrons. The summed E-state index contributed by atoms with van der Waals surface area (Å²) < 4.78 is 59.0. The lowest BCUT2D eigenvalue weighted by atomic mass is 9.96. The SMILES string of the molecule is N#Cc1c(-n2c3ccc(-n4c5ccccc5c5ccccc54)cc3c3cc(-n4c5ccccc5c5ccccc54)ccc32)ccc(-c2cccc(C(F)(F)F)c2)c1-n1c2ccc(-n3c4ccccc4c4ccccc43)cc2c2cc(-n3c4ccccc4c4ccccc43)ccc21. The van der Waals surface area contributed by atoms with Crippen LogP contribution >= 0.6 is 0 Å². The zero-order valence-electron chi connectivity index (χ0n) is 51.1. The highest BCUT2D eigenvalue weighted by atomic mass is 19.4. The van der Waals surface area contributed by atoms with Crippen molar-refractivity contribution in [3.63, 3.8) is 0 Å². The molecular weight excluding hydrogens is 1190 g/mol. The number of nitriles is 1. The average molecular weight is 1240 g/mol. The number of nitrogens with zero attached hydrogens (tertiary/aromatic N) is 7. The molecule has 6 aromatic heterocycles. The highest BCUT2D eigenvalue weighted by Crippen LogP contribution is 2.47. The van der Waals surface area contributed by atoms with E-state index in [1.54, 1.807) is 6.07 Å². The quantitative estimate of drug-likeness (QED) is 0.157. The molecular formula is C86H50F3N7. The van der Waals surface area contributed by atoms with Crippen LogP contribution in [0.25, 0.3) is 176 Å². The predicted octanol–water partition coefficient (Wildman–Crippen LogP) is 22.8. The number of halogens is 3. The summed E-state index contributed by atoms with van der Waals surface area (Å²) in [4.78, 5) is 0. The second-order valence-corrected chi connectivity index (χ2v) is 25.0. The summed E-state index contributed by atoms with van der Waals surface area (Å²) in [6.07, 6.45) is -4.65. The van der Waals surface area contributed by atoms with Gasteiger partial charge in [0.25, 0.3) is 0 Å². The normalized spacial score (nSPS) is 12.3. The van der Waals surface area contributed by atoms with E-state index in [0.717, 1.165) is 160 Å². The van der Waals surface area contributed by atoms with Crippen molar-refractivity contribution in [3.05, 3.63) is 314 Å². The van der Waals surface area contributed by atoms with Crippen LogP contribution in [-0.2, 0) is 6.18 Å². The first-order chi connectivity index (χ1) is 47.3. The zero-order chi connectivity index (χ0) is 63.7. The van der Waals surface area contributed by atoms with E-state index < -0.39 is 11.7 Å². The zero-order valence-corrected chi connectivity index (χ0v) is 51.1. The molecule has 96 heavy (non-hydrogen) atoms. The van der Waals surface area contributed by atoms with Crippen molar-refractivity contribution in [1.82, 2.24) is 27.4 Å². The van der Waals surface area contributed by atoms with Crippen LogP contribution in [0.1, 0.15) is 11.1 Å². The lowest BCUT2D eigenvalue weighted by Gasteiger charge is -2.21. The van der Waals surface area contributed by atoms with Crippen LogP contribution in [0.2, 0.25) is 0 Å². The highest BCUT2D eigenvalue weighted by molar-refractivity contribution is 6.17. The maximum atomic E-state index is 15.1.